The average molecular weight is 275 g/mol. The topological polar surface area (TPSA) is 26.0 Å². The second-order valence-electron chi connectivity index (χ2n) is 4.99. The fraction of sp³-hybridized carbons (Fsp3) is 0.474. The van der Waals surface area contributed by atoms with Gasteiger partial charge in [-0.3, -0.25) is 0 Å². The summed E-state index contributed by atoms with van der Waals surface area (Å²) >= 11 is 0. The van der Waals surface area contributed by atoms with Crippen LogP contribution in [0.4, 0.5) is 0 Å². The molecule has 0 unspecified atom stereocenters. The Morgan fingerprint density at radius 1 is 0.900 bits per heavy atom. The van der Waals surface area contributed by atoms with Gasteiger partial charge in [-0.15, -0.1) is 0 Å². The summed E-state index contributed by atoms with van der Waals surface area (Å²) in [5, 5.41) is 0. The van der Waals surface area contributed by atoms with Gasteiger partial charge in [0.2, 0.25) is 0 Å². The first-order valence-electron chi connectivity index (χ1n) is 7.65. The lowest BCUT2D eigenvalue weighted by atomic mass is 10.0. The Kier molecular flexibility index (Phi) is 16.2. The molecule has 114 valence electrons. The molecular formula is C19H33N. The Hall–Kier alpha value is -1.50. The second kappa shape index (κ2) is 15.6. The zero-order valence-corrected chi connectivity index (χ0v) is 14.1. The van der Waals surface area contributed by atoms with Gasteiger partial charge < -0.3 is 5.73 Å². The summed E-state index contributed by atoms with van der Waals surface area (Å²) in [6, 6.07) is 10.3. The minimum atomic E-state index is 0.852. The molecule has 1 heteroatoms. The SMILES string of the molecule is CC.CC(C)C(C)C.N/C=C\C=C/Cc1ccccc1. The van der Waals surface area contributed by atoms with Crippen molar-refractivity contribution in [3.8, 4) is 0 Å². The van der Waals surface area contributed by atoms with E-state index < -0.39 is 0 Å². The van der Waals surface area contributed by atoms with E-state index in [-0.39, 0.29) is 0 Å². The van der Waals surface area contributed by atoms with Gasteiger partial charge in [0, 0.05) is 0 Å². The van der Waals surface area contributed by atoms with E-state index in [2.05, 4.69) is 45.9 Å². The van der Waals surface area contributed by atoms with Gasteiger partial charge in [0.05, 0.1) is 0 Å². The van der Waals surface area contributed by atoms with Crippen LogP contribution in [0.5, 0.6) is 0 Å². The maximum atomic E-state index is 5.18. The number of nitrogens with two attached hydrogens (primary N) is 1. The van der Waals surface area contributed by atoms with Gasteiger partial charge in [0.15, 0.2) is 0 Å². The molecule has 0 radical (unpaired) electrons. The molecule has 0 bridgehead atoms. The van der Waals surface area contributed by atoms with Gasteiger partial charge in [-0.1, -0.05) is 84.0 Å². The predicted octanol–water partition coefficient (Wildman–Crippen LogP) is 5.58. The van der Waals surface area contributed by atoms with E-state index in [0.29, 0.717) is 0 Å². The highest BCUT2D eigenvalue weighted by molar-refractivity contribution is 5.18. The first-order chi connectivity index (χ1) is 9.57. The van der Waals surface area contributed by atoms with Crippen molar-refractivity contribution in [1.82, 2.24) is 0 Å². The summed E-state index contributed by atoms with van der Waals surface area (Å²) in [5.74, 6) is 1.70. The van der Waals surface area contributed by atoms with Crippen molar-refractivity contribution in [1.29, 1.82) is 0 Å². The summed E-state index contributed by atoms with van der Waals surface area (Å²) in [6.07, 6.45) is 8.35. The van der Waals surface area contributed by atoms with E-state index in [4.69, 9.17) is 5.73 Å². The lowest BCUT2D eigenvalue weighted by molar-refractivity contribution is 0.457. The highest BCUT2D eigenvalue weighted by Gasteiger charge is 1.95. The van der Waals surface area contributed by atoms with E-state index in [1.54, 1.807) is 0 Å². The standard InChI is InChI=1S/C11H13N.C6H14.C2H6/c12-10-6-2-5-9-11-7-3-1-4-8-11;1-5(2)6(3)4;1-2/h1-8,10H,9,12H2;5-6H,1-4H3;1-2H3/b5-2-,10-6-;;. The van der Waals surface area contributed by atoms with E-state index in [0.717, 1.165) is 18.3 Å². The molecule has 20 heavy (non-hydrogen) atoms. The van der Waals surface area contributed by atoms with Crippen molar-refractivity contribution < 1.29 is 0 Å². The van der Waals surface area contributed by atoms with Crippen molar-refractivity contribution in [2.24, 2.45) is 17.6 Å². The van der Waals surface area contributed by atoms with Crippen LogP contribution in [0, 0.1) is 11.8 Å². The largest absolute Gasteiger partial charge is 0.405 e. The molecule has 0 spiro atoms. The van der Waals surface area contributed by atoms with Crippen LogP contribution in [0.2, 0.25) is 0 Å². The van der Waals surface area contributed by atoms with Gasteiger partial charge >= 0.3 is 0 Å². The zero-order chi connectivity index (χ0) is 15.8. The summed E-state index contributed by atoms with van der Waals surface area (Å²) in [7, 11) is 0. The molecule has 1 rings (SSSR count). The van der Waals surface area contributed by atoms with Crippen molar-refractivity contribution in [3.05, 3.63) is 60.3 Å². The van der Waals surface area contributed by atoms with Gasteiger partial charge in [-0.25, -0.2) is 0 Å². The van der Waals surface area contributed by atoms with Gasteiger partial charge in [0.1, 0.15) is 0 Å². The van der Waals surface area contributed by atoms with Crippen LogP contribution in [0.15, 0.2) is 54.8 Å². The normalized spacial score (nSPS) is 10.4. The Morgan fingerprint density at radius 2 is 1.40 bits per heavy atom. The van der Waals surface area contributed by atoms with Crippen LogP contribution in [-0.4, -0.2) is 0 Å². The third-order valence-electron chi connectivity index (χ3n) is 2.89. The Labute approximate surface area is 126 Å². The van der Waals surface area contributed by atoms with Crippen molar-refractivity contribution in [2.75, 3.05) is 0 Å². The Morgan fingerprint density at radius 3 is 1.80 bits per heavy atom. The van der Waals surface area contributed by atoms with Crippen LogP contribution < -0.4 is 5.73 Å². The van der Waals surface area contributed by atoms with E-state index in [9.17, 15) is 0 Å². The van der Waals surface area contributed by atoms with Gasteiger partial charge in [0.25, 0.3) is 0 Å². The van der Waals surface area contributed by atoms with Crippen LogP contribution in [0.3, 0.4) is 0 Å². The fourth-order valence-corrected chi connectivity index (χ4v) is 0.961. The molecule has 0 aliphatic heterocycles. The number of benzene rings is 1. The Balaban J connectivity index is 0. The second-order valence-corrected chi connectivity index (χ2v) is 4.99. The van der Waals surface area contributed by atoms with Crippen molar-refractivity contribution in [3.63, 3.8) is 0 Å². The Bertz CT molecular complexity index is 328. The molecular weight excluding hydrogens is 242 g/mol. The smallest absolute Gasteiger partial charge is 0.00625 e. The minimum Gasteiger partial charge on any atom is -0.405 e. The van der Waals surface area contributed by atoms with E-state index in [1.807, 2.05) is 44.2 Å². The summed E-state index contributed by atoms with van der Waals surface area (Å²) in [6.45, 7) is 13.0. The zero-order valence-electron chi connectivity index (χ0n) is 14.1. The molecule has 1 aromatic rings. The lowest BCUT2D eigenvalue weighted by Gasteiger charge is -2.05. The van der Waals surface area contributed by atoms with Gasteiger partial charge in [-0.05, 0) is 36.1 Å². The fourth-order valence-electron chi connectivity index (χ4n) is 0.961. The molecule has 0 saturated carbocycles. The molecule has 0 aliphatic rings. The highest BCUT2D eigenvalue weighted by atomic mass is 14.5. The highest BCUT2D eigenvalue weighted by Crippen LogP contribution is 2.05. The van der Waals surface area contributed by atoms with E-state index >= 15 is 0 Å². The molecule has 0 fully saturated rings. The summed E-state index contributed by atoms with van der Waals surface area (Å²) in [4.78, 5) is 0. The summed E-state index contributed by atoms with van der Waals surface area (Å²) < 4.78 is 0. The van der Waals surface area contributed by atoms with E-state index in [1.165, 1.54) is 11.8 Å². The van der Waals surface area contributed by atoms with Crippen LogP contribution in [-0.2, 0) is 6.42 Å². The maximum absolute atomic E-state index is 5.18. The molecule has 1 nitrogen and oxygen atoms in total. The monoisotopic (exact) mass is 275 g/mol. The quantitative estimate of drug-likeness (QED) is 0.713. The van der Waals surface area contributed by atoms with Gasteiger partial charge in [-0.2, -0.15) is 0 Å². The maximum Gasteiger partial charge on any atom is -0.00625 e. The summed E-state index contributed by atoms with van der Waals surface area (Å²) in [5.41, 5.74) is 6.49. The number of allylic oxidation sites excluding steroid dienone is 3. The average Bonchev–Trinajstić information content (AvgIpc) is 2.47. The van der Waals surface area contributed by atoms with Crippen LogP contribution in [0.25, 0.3) is 0 Å². The molecule has 0 heterocycles. The molecule has 0 amide bonds. The third kappa shape index (κ3) is 14.6. The van der Waals surface area contributed by atoms with Crippen LogP contribution in [0.1, 0.15) is 47.1 Å². The number of hydrogen-bond acceptors (Lipinski definition) is 1. The van der Waals surface area contributed by atoms with Crippen molar-refractivity contribution >= 4 is 0 Å². The number of rotatable bonds is 4. The predicted molar refractivity (Wildman–Crippen MR) is 93.6 cm³/mol. The lowest BCUT2D eigenvalue weighted by Crippen LogP contribution is -1.95. The molecule has 2 N–H and O–H groups in total. The first kappa shape index (κ1) is 20.8. The molecule has 0 atom stereocenters. The first-order valence-corrected chi connectivity index (χ1v) is 7.65. The molecule has 0 aliphatic carbocycles. The van der Waals surface area contributed by atoms with Crippen LogP contribution >= 0.6 is 0 Å². The third-order valence-corrected chi connectivity index (χ3v) is 2.89. The molecule has 1 aromatic carbocycles. The molecule has 0 aromatic heterocycles. The minimum absolute atomic E-state index is 0.852. The molecule has 0 saturated heterocycles. The van der Waals surface area contributed by atoms with Crippen molar-refractivity contribution in [2.45, 2.75) is 48.0 Å². The number of hydrogen-bond donors (Lipinski definition) is 1.